The van der Waals surface area contributed by atoms with Crippen LogP contribution in [0.1, 0.15) is 39.0 Å². The lowest BCUT2D eigenvalue weighted by molar-refractivity contribution is 0.0726. The van der Waals surface area contributed by atoms with Crippen molar-refractivity contribution in [1.29, 1.82) is 0 Å². The number of nitrogens with zero attached hydrogens (tertiary/aromatic N) is 2. The summed E-state index contributed by atoms with van der Waals surface area (Å²) in [5, 5.41) is 3.84. The van der Waals surface area contributed by atoms with Crippen molar-refractivity contribution in [3.8, 4) is 0 Å². The number of likely N-dealkylation sites (tertiary alicyclic amines) is 1. The van der Waals surface area contributed by atoms with Gasteiger partial charge in [-0.05, 0) is 52.9 Å². The minimum Gasteiger partial charge on any atom is -0.311 e. The Morgan fingerprint density at radius 1 is 1.33 bits per heavy atom. The normalized spacial score (nSPS) is 38.5. The molecule has 0 aromatic heterocycles. The van der Waals surface area contributed by atoms with Gasteiger partial charge in [-0.25, -0.2) is 0 Å². The van der Waals surface area contributed by atoms with Crippen LogP contribution in [-0.4, -0.2) is 62.2 Å². The molecule has 0 spiro atoms. The Morgan fingerprint density at radius 3 is 2.67 bits per heavy atom. The Hall–Kier alpha value is -0.120. The van der Waals surface area contributed by atoms with E-state index in [2.05, 4.69) is 43.2 Å². The van der Waals surface area contributed by atoms with E-state index in [0.29, 0.717) is 11.6 Å². The van der Waals surface area contributed by atoms with Gasteiger partial charge in [0.25, 0.3) is 0 Å². The lowest BCUT2D eigenvalue weighted by Gasteiger charge is -2.46. The zero-order valence-electron chi connectivity index (χ0n) is 12.7. The summed E-state index contributed by atoms with van der Waals surface area (Å²) in [7, 11) is 6.76. The van der Waals surface area contributed by atoms with Crippen LogP contribution in [0.15, 0.2) is 0 Å². The first-order valence-corrected chi connectivity index (χ1v) is 7.61. The molecule has 106 valence electrons. The molecule has 0 aromatic carbocycles. The zero-order chi connectivity index (χ0) is 13.2. The molecule has 1 aliphatic heterocycles. The Bertz CT molecular complexity index is 266. The van der Waals surface area contributed by atoms with Crippen LogP contribution in [0.4, 0.5) is 0 Å². The summed E-state index contributed by atoms with van der Waals surface area (Å²) in [4.78, 5) is 4.91. The fourth-order valence-electron chi connectivity index (χ4n) is 3.79. The molecule has 1 heterocycles. The molecule has 0 aromatic rings. The lowest BCUT2D eigenvalue weighted by atomic mass is 9.75. The van der Waals surface area contributed by atoms with E-state index >= 15 is 0 Å². The predicted molar refractivity (Wildman–Crippen MR) is 78.0 cm³/mol. The minimum absolute atomic E-state index is 0.402. The molecule has 1 saturated heterocycles. The molecule has 3 nitrogen and oxygen atoms in total. The second-order valence-corrected chi connectivity index (χ2v) is 6.95. The maximum Gasteiger partial charge on any atom is 0.0330 e. The summed E-state index contributed by atoms with van der Waals surface area (Å²) in [5.41, 5.74) is 0.402. The number of hydrogen-bond acceptors (Lipinski definition) is 3. The van der Waals surface area contributed by atoms with Gasteiger partial charge < -0.3 is 15.1 Å². The first kappa shape index (κ1) is 14.3. The van der Waals surface area contributed by atoms with Crippen molar-refractivity contribution < 1.29 is 0 Å². The second-order valence-electron chi connectivity index (χ2n) is 6.95. The number of rotatable bonds is 4. The van der Waals surface area contributed by atoms with Crippen LogP contribution in [0, 0.1) is 5.92 Å². The van der Waals surface area contributed by atoms with Crippen LogP contribution >= 0.6 is 0 Å². The van der Waals surface area contributed by atoms with E-state index in [1.165, 1.54) is 51.7 Å². The van der Waals surface area contributed by atoms with E-state index in [-0.39, 0.29) is 0 Å². The van der Waals surface area contributed by atoms with Gasteiger partial charge in [0, 0.05) is 24.7 Å². The van der Waals surface area contributed by atoms with Gasteiger partial charge in [-0.2, -0.15) is 0 Å². The summed E-state index contributed by atoms with van der Waals surface area (Å²) in [6.45, 7) is 6.06. The lowest BCUT2D eigenvalue weighted by Crippen LogP contribution is -2.55. The fourth-order valence-corrected chi connectivity index (χ4v) is 3.79. The third-order valence-electron chi connectivity index (χ3n) is 5.13. The third kappa shape index (κ3) is 3.25. The molecule has 1 saturated carbocycles. The van der Waals surface area contributed by atoms with Gasteiger partial charge in [-0.1, -0.05) is 19.8 Å². The largest absolute Gasteiger partial charge is 0.311 e. The van der Waals surface area contributed by atoms with Gasteiger partial charge in [0.15, 0.2) is 0 Å². The van der Waals surface area contributed by atoms with E-state index < -0.39 is 0 Å². The highest BCUT2D eigenvalue weighted by molar-refractivity contribution is 4.96. The van der Waals surface area contributed by atoms with Crippen LogP contribution < -0.4 is 5.32 Å². The van der Waals surface area contributed by atoms with Gasteiger partial charge in [-0.15, -0.1) is 0 Å². The minimum atomic E-state index is 0.402. The molecule has 0 bridgehead atoms. The van der Waals surface area contributed by atoms with Crippen LogP contribution in [-0.2, 0) is 0 Å². The third-order valence-corrected chi connectivity index (χ3v) is 5.13. The molecule has 2 fully saturated rings. The summed E-state index contributed by atoms with van der Waals surface area (Å²) in [6.07, 6.45) is 6.85. The van der Waals surface area contributed by atoms with E-state index in [4.69, 9.17) is 0 Å². The van der Waals surface area contributed by atoms with Gasteiger partial charge in [-0.3, -0.25) is 0 Å². The quantitative estimate of drug-likeness (QED) is 0.824. The van der Waals surface area contributed by atoms with Gasteiger partial charge >= 0.3 is 0 Å². The SMILES string of the molecule is CC1CCCC(CNC2CCN(C)C2)(N(C)C)C1. The van der Waals surface area contributed by atoms with Crippen molar-refractivity contribution in [3.05, 3.63) is 0 Å². The topological polar surface area (TPSA) is 18.5 Å². The van der Waals surface area contributed by atoms with Crippen molar-refractivity contribution in [3.63, 3.8) is 0 Å². The van der Waals surface area contributed by atoms with E-state index in [1.54, 1.807) is 0 Å². The standard InChI is InChI=1S/C15H31N3/c1-13-6-5-8-15(10-13,17(2)3)12-16-14-7-9-18(4)11-14/h13-14,16H,5-12H2,1-4H3. The monoisotopic (exact) mass is 253 g/mol. The average Bonchev–Trinajstić information content (AvgIpc) is 2.72. The second kappa shape index (κ2) is 5.89. The summed E-state index contributed by atoms with van der Waals surface area (Å²) in [5.74, 6) is 0.884. The zero-order valence-corrected chi connectivity index (χ0v) is 12.7. The number of hydrogen-bond donors (Lipinski definition) is 1. The molecule has 0 amide bonds. The van der Waals surface area contributed by atoms with Crippen molar-refractivity contribution >= 4 is 0 Å². The molecular weight excluding hydrogens is 222 g/mol. The molecule has 2 aliphatic rings. The number of likely N-dealkylation sites (N-methyl/N-ethyl adjacent to an activating group) is 2. The Morgan fingerprint density at radius 2 is 2.11 bits per heavy atom. The highest BCUT2D eigenvalue weighted by atomic mass is 15.2. The summed E-state index contributed by atoms with van der Waals surface area (Å²) in [6, 6.07) is 0.712. The maximum absolute atomic E-state index is 3.84. The highest BCUT2D eigenvalue weighted by Gasteiger charge is 2.37. The molecule has 3 unspecified atom stereocenters. The Labute approximate surface area is 113 Å². The first-order chi connectivity index (χ1) is 8.52. The van der Waals surface area contributed by atoms with E-state index in [0.717, 1.165) is 5.92 Å². The summed E-state index contributed by atoms with van der Waals surface area (Å²) < 4.78 is 0. The highest BCUT2D eigenvalue weighted by Crippen LogP contribution is 2.35. The van der Waals surface area contributed by atoms with Crippen LogP contribution in [0.2, 0.25) is 0 Å². The molecule has 1 N–H and O–H groups in total. The Kier molecular flexibility index (Phi) is 4.68. The molecule has 2 rings (SSSR count). The van der Waals surface area contributed by atoms with E-state index in [1.807, 2.05) is 0 Å². The molecule has 0 radical (unpaired) electrons. The van der Waals surface area contributed by atoms with E-state index in [9.17, 15) is 0 Å². The van der Waals surface area contributed by atoms with Gasteiger partial charge in [0.2, 0.25) is 0 Å². The predicted octanol–water partition coefficient (Wildman–Crippen LogP) is 1.79. The van der Waals surface area contributed by atoms with Crippen LogP contribution in [0.5, 0.6) is 0 Å². The Balaban J connectivity index is 1.90. The number of nitrogens with one attached hydrogen (secondary N) is 1. The summed E-state index contributed by atoms with van der Waals surface area (Å²) >= 11 is 0. The molecule has 1 aliphatic carbocycles. The molecule has 18 heavy (non-hydrogen) atoms. The van der Waals surface area contributed by atoms with Gasteiger partial charge in [0.05, 0.1) is 0 Å². The fraction of sp³-hybridized carbons (Fsp3) is 1.00. The first-order valence-electron chi connectivity index (χ1n) is 7.61. The van der Waals surface area contributed by atoms with Crippen molar-refractivity contribution in [2.75, 3.05) is 40.8 Å². The maximum atomic E-state index is 3.84. The molecular formula is C15H31N3. The molecule has 3 atom stereocenters. The van der Waals surface area contributed by atoms with Crippen LogP contribution in [0.25, 0.3) is 0 Å². The average molecular weight is 253 g/mol. The van der Waals surface area contributed by atoms with Gasteiger partial charge in [0.1, 0.15) is 0 Å². The smallest absolute Gasteiger partial charge is 0.0330 e. The van der Waals surface area contributed by atoms with Crippen molar-refractivity contribution in [2.24, 2.45) is 5.92 Å². The molecule has 3 heteroatoms. The van der Waals surface area contributed by atoms with Crippen LogP contribution in [0.3, 0.4) is 0 Å². The van der Waals surface area contributed by atoms with Crippen molar-refractivity contribution in [1.82, 2.24) is 15.1 Å². The van der Waals surface area contributed by atoms with Crippen molar-refractivity contribution in [2.45, 2.75) is 50.6 Å².